The molecule has 0 spiro atoms. The Balaban J connectivity index is 3.20. The molecule has 1 nitrogen and oxygen atoms in total. The smallest absolute Gasteiger partial charge is 0.119 e. The number of aromatic hydroxyl groups is 1. The summed E-state index contributed by atoms with van der Waals surface area (Å²) in [5.74, 6) is 0.689. The number of benzene rings is 1. The summed E-state index contributed by atoms with van der Waals surface area (Å²) in [5.41, 5.74) is 3.30. The van der Waals surface area contributed by atoms with Crippen LogP contribution in [0.2, 0.25) is 0 Å². The number of allylic oxidation sites excluding steroid dienone is 2. The molecule has 1 rings (SSSR count). The molecule has 0 fully saturated rings. The number of rotatable bonds is 2. The molecule has 0 saturated carbocycles. The fourth-order valence-electron chi connectivity index (χ4n) is 1.93. The number of aryl methyl sites for hydroxylation is 2. The fraction of sp³-hybridized carbons (Fsp3) is 0.385. The SMILES string of the molecule is C/C=C\C(C)c1c(C)cc(C)cc1O. The lowest BCUT2D eigenvalue weighted by molar-refractivity contribution is 0.465. The molecule has 0 radical (unpaired) electrons. The molecule has 0 aromatic heterocycles. The first kappa shape index (κ1) is 10.8. The van der Waals surface area contributed by atoms with E-state index in [9.17, 15) is 5.11 Å². The first-order chi connectivity index (χ1) is 6.56. The summed E-state index contributed by atoms with van der Waals surface area (Å²) in [6, 6.07) is 3.93. The first-order valence-corrected chi connectivity index (χ1v) is 4.99. The van der Waals surface area contributed by atoms with Gasteiger partial charge in [0.25, 0.3) is 0 Å². The van der Waals surface area contributed by atoms with Crippen molar-refractivity contribution in [3.05, 3.63) is 41.0 Å². The van der Waals surface area contributed by atoms with Crippen molar-refractivity contribution >= 4 is 0 Å². The molecule has 0 amide bonds. The van der Waals surface area contributed by atoms with Crippen LogP contribution in [0.15, 0.2) is 24.3 Å². The van der Waals surface area contributed by atoms with Gasteiger partial charge < -0.3 is 5.11 Å². The molecule has 0 aliphatic rings. The molecule has 1 heteroatoms. The minimum Gasteiger partial charge on any atom is -0.508 e. The summed E-state index contributed by atoms with van der Waals surface area (Å²) in [6.45, 7) is 8.13. The van der Waals surface area contributed by atoms with E-state index in [0.717, 1.165) is 16.7 Å². The maximum atomic E-state index is 9.84. The summed E-state index contributed by atoms with van der Waals surface area (Å²) in [5, 5.41) is 9.84. The van der Waals surface area contributed by atoms with E-state index in [1.54, 1.807) is 0 Å². The molecule has 1 aromatic carbocycles. The van der Waals surface area contributed by atoms with Crippen molar-refractivity contribution < 1.29 is 5.11 Å². The van der Waals surface area contributed by atoms with Crippen molar-refractivity contribution in [2.75, 3.05) is 0 Å². The minimum absolute atomic E-state index is 0.278. The monoisotopic (exact) mass is 190 g/mol. The third-order valence-corrected chi connectivity index (χ3v) is 2.45. The highest BCUT2D eigenvalue weighted by Gasteiger charge is 2.10. The lowest BCUT2D eigenvalue weighted by Crippen LogP contribution is -1.95. The van der Waals surface area contributed by atoms with Crippen molar-refractivity contribution in [2.45, 2.75) is 33.6 Å². The van der Waals surface area contributed by atoms with E-state index in [4.69, 9.17) is 0 Å². The summed E-state index contributed by atoms with van der Waals surface area (Å²) < 4.78 is 0. The molecule has 14 heavy (non-hydrogen) atoms. The van der Waals surface area contributed by atoms with Gasteiger partial charge in [0.15, 0.2) is 0 Å². The van der Waals surface area contributed by atoms with E-state index >= 15 is 0 Å². The van der Waals surface area contributed by atoms with Crippen LogP contribution in [0.5, 0.6) is 5.75 Å². The van der Waals surface area contributed by atoms with Crippen LogP contribution in [0, 0.1) is 13.8 Å². The van der Waals surface area contributed by atoms with E-state index in [2.05, 4.69) is 19.1 Å². The zero-order valence-corrected chi connectivity index (χ0v) is 9.33. The second-order valence-corrected chi connectivity index (χ2v) is 3.83. The molecule has 0 aliphatic carbocycles. The van der Waals surface area contributed by atoms with Crippen LogP contribution in [-0.2, 0) is 0 Å². The molecule has 0 aliphatic heterocycles. The quantitative estimate of drug-likeness (QED) is 0.705. The molecule has 76 valence electrons. The molecular formula is C13H18O. The number of phenolic OH excluding ortho intramolecular Hbond substituents is 1. The van der Waals surface area contributed by atoms with Gasteiger partial charge in [-0.3, -0.25) is 0 Å². The summed E-state index contributed by atoms with van der Waals surface area (Å²) in [4.78, 5) is 0. The average Bonchev–Trinajstić information content (AvgIpc) is 2.01. The minimum atomic E-state index is 0.278. The van der Waals surface area contributed by atoms with Crippen molar-refractivity contribution in [1.29, 1.82) is 0 Å². The maximum absolute atomic E-state index is 9.84. The highest BCUT2D eigenvalue weighted by molar-refractivity contribution is 5.45. The molecular weight excluding hydrogens is 172 g/mol. The van der Waals surface area contributed by atoms with Crippen LogP contribution >= 0.6 is 0 Å². The highest BCUT2D eigenvalue weighted by atomic mass is 16.3. The summed E-state index contributed by atoms with van der Waals surface area (Å²) in [6.07, 6.45) is 4.11. The van der Waals surface area contributed by atoms with E-state index < -0.39 is 0 Å². The van der Waals surface area contributed by atoms with Crippen molar-refractivity contribution in [1.82, 2.24) is 0 Å². The van der Waals surface area contributed by atoms with Crippen molar-refractivity contribution in [3.63, 3.8) is 0 Å². The van der Waals surface area contributed by atoms with Gasteiger partial charge in [-0.1, -0.05) is 25.1 Å². The van der Waals surface area contributed by atoms with Gasteiger partial charge in [-0.15, -0.1) is 0 Å². The third kappa shape index (κ3) is 2.16. The summed E-state index contributed by atoms with van der Waals surface area (Å²) in [7, 11) is 0. The zero-order valence-electron chi connectivity index (χ0n) is 9.33. The van der Waals surface area contributed by atoms with Crippen molar-refractivity contribution in [2.24, 2.45) is 0 Å². The zero-order chi connectivity index (χ0) is 10.7. The molecule has 0 saturated heterocycles. The van der Waals surface area contributed by atoms with Gasteiger partial charge in [-0.2, -0.15) is 0 Å². The van der Waals surface area contributed by atoms with Crippen LogP contribution in [0.25, 0.3) is 0 Å². The van der Waals surface area contributed by atoms with E-state index in [1.807, 2.05) is 32.9 Å². The normalized spacial score (nSPS) is 13.4. The van der Waals surface area contributed by atoms with Crippen LogP contribution in [0.3, 0.4) is 0 Å². The summed E-state index contributed by atoms with van der Waals surface area (Å²) >= 11 is 0. The molecule has 1 unspecified atom stereocenters. The van der Waals surface area contributed by atoms with Crippen LogP contribution in [0.1, 0.15) is 36.5 Å². The van der Waals surface area contributed by atoms with Gasteiger partial charge in [0.05, 0.1) is 0 Å². The third-order valence-electron chi connectivity index (χ3n) is 2.45. The number of hydrogen-bond acceptors (Lipinski definition) is 1. The second kappa shape index (κ2) is 4.32. The van der Waals surface area contributed by atoms with Gasteiger partial charge in [0, 0.05) is 11.5 Å². The van der Waals surface area contributed by atoms with Crippen LogP contribution < -0.4 is 0 Å². The van der Waals surface area contributed by atoms with E-state index in [1.165, 1.54) is 0 Å². The Morgan fingerprint density at radius 1 is 1.29 bits per heavy atom. The molecule has 0 heterocycles. The Morgan fingerprint density at radius 2 is 1.93 bits per heavy atom. The number of phenols is 1. The maximum Gasteiger partial charge on any atom is 0.119 e. The Morgan fingerprint density at radius 3 is 2.43 bits per heavy atom. The van der Waals surface area contributed by atoms with Gasteiger partial charge >= 0.3 is 0 Å². The van der Waals surface area contributed by atoms with Gasteiger partial charge in [-0.05, 0) is 38.0 Å². The molecule has 1 atom stereocenters. The molecule has 1 N–H and O–H groups in total. The second-order valence-electron chi connectivity index (χ2n) is 3.83. The van der Waals surface area contributed by atoms with Gasteiger partial charge in [0.1, 0.15) is 5.75 Å². The largest absolute Gasteiger partial charge is 0.508 e. The van der Waals surface area contributed by atoms with Crippen molar-refractivity contribution in [3.8, 4) is 5.75 Å². The fourth-order valence-corrected chi connectivity index (χ4v) is 1.93. The molecule has 0 bridgehead atoms. The standard InChI is InChI=1S/C13H18O/c1-5-6-10(3)13-11(4)7-9(2)8-12(13)14/h5-8,10,14H,1-4H3/b6-5-. The van der Waals surface area contributed by atoms with Gasteiger partial charge in [-0.25, -0.2) is 0 Å². The Hall–Kier alpha value is -1.24. The predicted octanol–water partition coefficient (Wildman–Crippen LogP) is 3.69. The van der Waals surface area contributed by atoms with E-state index in [-0.39, 0.29) is 5.92 Å². The average molecular weight is 190 g/mol. The first-order valence-electron chi connectivity index (χ1n) is 4.99. The Bertz CT molecular complexity index is 327. The number of hydrogen-bond donors (Lipinski definition) is 1. The Labute approximate surface area is 86.1 Å². The lowest BCUT2D eigenvalue weighted by atomic mass is 9.93. The lowest BCUT2D eigenvalue weighted by Gasteiger charge is -2.13. The Kier molecular flexibility index (Phi) is 3.34. The predicted molar refractivity (Wildman–Crippen MR) is 60.8 cm³/mol. The van der Waals surface area contributed by atoms with Crippen LogP contribution in [-0.4, -0.2) is 5.11 Å². The van der Waals surface area contributed by atoms with Crippen LogP contribution in [0.4, 0.5) is 0 Å². The van der Waals surface area contributed by atoms with E-state index in [0.29, 0.717) is 5.75 Å². The molecule has 1 aromatic rings. The topological polar surface area (TPSA) is 20.2 Å². The van der Waals surface area contributed by atoms with Gasteiger partial charge in [0.2, 0.25) is 0 Å². The highest BCUT2D eigenvalue weighted by Crippen LogP contribution is 2.30.